The van der Waals surface area contributed by atoms with Gasteiger partial charge < -0.3 is 14.6 Å². The van der Waals surface area contributed by atoms with Gasteiger partial charge in [-0.2, -0.15) is 0 Å². The Bertz CT molecular complexity index is 1210. The number of carbonyl (C=O) groups is 1. The molecule has 0 aliphatic carbocycles. The van der Waals surface area contributed by atoms with Crippen LogP contribution in [0, 0.1) is 13.8 Å². The van der Waals surface area contributed by atoms with E-state index < -0.39 is 0 Å². The van der Waals surface area contributed by atoms with Gasteiger partial charge in [-0.3, -0.25) is 14.8 Å². The number of nitrogens with zero attached hydrogens (tertiary/aromatic N) is 3. The van der Waals surface area contributed by atoms with E-state index in [0.717, 1.165) is 28.1 Å². The first-order valence-electron chi connectivity index (χ1n) is 10.1. The molecule has 0 saturated carbocycles. The second-order valence-corrected chi connectivity index (χ2v) is 7.46. The lowest BCUT2D eigenvalue weighted by Gasteiger charge is -2.13. The van der Waals surface area contributed by atoms with Crippen LogP contribution in [0.25, 0.3) is 11.3 Å². The molecule has 1 aromatic carbocycles. The molecule has 0 bridgehead atoms. The Morgan fingerprint density at radius 1 is 1.10 bits per heavy atom. The van der Waals surface area contributed by atoms with Crippen molar-refractivity contribution in [2.45, 2.75) is 20.4 Å². The van der Waals surface area contributed by atoms with Crippen molar-refractivity contribution in [2.75, 3.05) is 0 Å². The number of aryl methyl sites for hydroxylation is 2. The summed E-state index contributed by atoms with van der Waals surface area (Å²) < 4.78 is 8.08. The molecular weight excluding hydrogens is 388 g/mol. The molecule has 6 nitrogen and oxygen atoms in total. The fourth-order valence-electron chi connectivity index (χ4n) is 3.27. The van der Waals surface area contributed by atoms with Gasteiger partial charge in [-0.25, -0.2) is 0 Å². The van der Waals surface area contributed by atoms with Gasteiger partial charge in [0.1, 0.15) is 11.5 Å². The van der Waals surface area contributed by atoms with Gasteiger partial charge in [0.15, 0.2) is 0 Å². The molecule has 0 atom stereocenters. The van der Waals surface area contributed by atoms with Gasteiger partial charge in [0, 0.05) is 66.8 Å². The largest absolute Gasteiger partial charge is 0.457 e. The van der Waals surface area contributed by atoms with Crippen molar-refractivity contribution < 1.29 is 9.53 Å². The number of pyridine rings is 2. The highest BCUT2D eigenvalue weighted by molar-refractivity contribution is 5.96. The van der Waals surface area contributed by atoms with E-state index in [9.17, 15) is 4.79 Å². The van der Waals surface area contributed by atoms with Crippen molar-refractivity contribution in [3.05, 3.63) is 95.7 Å². The lowest BCUT2D eigenvalue weighted by atomic mass is 10.1. The second kappa shape index (κ2) is 8.83. The third kappa shape index (κ3) is 4.80. The Labute approximate surface area is 181 Å². The van der Waals surface area contributed by atoms with E-state index >= 15 is 0 Å². The van der Waals surface area contributed by atoms with Crippen LogP contribution in [-0.4, -0.2) is 20.4 Å². The number of rotatable bonds is 6. The Morgan fingerprint density at radius 2 is 1.97 bits per heavy atom. The number of benzene rings is 1. The first-order valence-corrected chi connectivity index (χ1v) is 10.1. The van der Waals surface area contributed by atoms with Gasteiger partial charge in [0.05, 0.1) is 5.69 Å². The molecular formula is C25H24N4O2. The summed E-state index contributed by atoms with van der Waals surface area (Å²) in [5, 5.41) is 2.95. The van der Waals surface area contributed by atoms with E-state index in [2.05, 4.69) is 15.3 Å². The summed E-state index contributed by atoms with van der Waals surface area (Å²) in [5.74, 6) is 1.15. The molecule has 0 spiro atoms. The Balaban J connectivity index is 1.50. The zero-order chi connectivity index (χ0) is 21.8. The summed E-state index contributed by atoms with van der Waals surface area (Å²) in [6.07, 6.45) is 7.48. The Morgan fingerprint density at radius 3 is 2.71 bits per heavy atom. The Kier molecular flexibility index (Phi) is 5.80. The SMILES string of the molecule is Cc1ccc(CNC(=O)c2cccc(Oc3ccnc(-c4ccn(C)c4)c3)c2C)cn1. The average molecular weight is 412 g/mol. The Hall–Kier alpha value is -3.93. The second-order valence-electron chi connectivity index (χ2n) is 7.46. The topological polar surface area (TPSA) is 69.0 Å². The maximum Gasteiger partial charge on any atom is 0.251 e. The van der Waals surface area contributed by atoms with Crippen LogP contribution in [-0.2, 0) is 13.6 Å². The number of amides is 1. The van der Waals surface area contributed by atoms with Crippen molar-refractivity contribution in [2.24, 2.45) is 7.05 Å². The summed E-state index contributed by atoms with van der Waals surface area (Å²) in [6.45, 7) is 4.24. The first kappa shape index (κ1) is 20.3. The van der Waals surface area contributed by atoms with E-state index in [1.165, 1.54) is 0 Å². The monoisotopic (exact) mass is 412 g/mol. The first-order chi connectivity index (χ1) is 15.0. The quantitative estimate of drug-likeness (QED) is 0.493. The zero-order valence-electron chi connectivity index (χ0n) is 17.8. The van der Waals surface area contributed by atoms with Crippen molar-refractivity contribution in [3.63, 3.8) is 0 Å². The smallest absolute Gasteiger partial charge is 0.251 e. The highest BCUT2D eigenvalue weighted by atomic mass is 16.5. The number of ether oxygens (including phenoxy) is 1. The molecule has 0 aliphatic rings. The summed E-state index contributed by atoms with van der Waals surface area (Å²) >= 11 is 0. The van der Waals surface area contributed by atoms with E-state index in [1.54, 1.807) is 18.5 Å². The highest BCUT2D eigenvalue weighted by Crippen LogP contribution is 2.29. The van der Waals surface area contributed by atoms with E-state index in [-0.39, 0.29) is 5.91 Å². The molecule has 0 radical (unpaired) electrons. The standard InChI is InChI=1S/C25H24N4O2/c1-17-7-8-19(14-27-17)15-28-25(30)22-5-4-6-24(18(22)2)31-21-9-11-26-23(13-21)20-10-12-29(3)16-20/h4-14,16H,15H2,1-3H3,(H,28,30). The molecule has 4 aromatic rings. The van der Waals surface area contributed by atoms with Crippen LogP contribution in [0.4, 0.5) is 0 Å². The van der Waals surface area contributed by atoms with Crippen LogP contribution >= 0.6 is 0 Å². The predicted octanol–water partition coefficient (Wildman–Crippen LogP) is 4.82. The van der Waals surface area contributed by atoms with Crippen LogP contribution in [0.2, 0.25) is 0 Å². The van der Waals surface area contributed by atoms with Crippen LogP contribution < -0.4 is 10.1 Å². The minimum absolute atomic E-state index is 0.150. The molecule has 3 aromatic heterocycles. The number of aromatic nitrogens is 3. The highest BCUT2D eigenvalue weighted by Gasteiger charge is 2.13. The fraction of sp³-hybridized carbons (Fsp3) is 0.160. The molecule has 156 valence electrons. The summed E-state index contributed by atoms with van der Waals surface area (Å²) in [7, 11) is 1.97. The number of carbonyl (C=O) groups excluding carboxylic acids is 1. The molecule has 31 heavy (non-hydrogen) atoms. The molecule has 3 heterocycles. The van der Waals surface area contributed by atoms with Gasteiger partial charge in [-0.15, -0.1) is 0 Å². The number of hydrogen-bond donors (Lipinski definition) is 1. The molecule has 0 saturated heterocycles. The summed E-state index contributed by atoms with van der Waals surface area (Å²) in [5.41, 5.74) is 5.10. The lowest BCUT2D eigenvalue weighted by molar-refractivity contribution is 0.0950. The molecule has 0 fully saturated rings. The minimum atomic E-state index is -0.150. The number of nitrogens with one attached hydrogen (secondary N) is 1. The maximum atomic E-state index is 12.8. The van der Waals surface area contributed by atoms with E-state index in [4.69, 9.17) is 4.74 Å². The molecule has 1 N–H and O–H groups in total. The zero-order valence-corrected chi connectivity index (χ0v) is 17.8. The van der Waals surface area contributed by atoms with Gasteiger partial charge in [-0.05, 0) is 49.7 Å². The fourth-order valence-corrected chi connectivity index (χ4v) is 3.27. The molecule has 1 amide bonds. The van der Waals surface area contributed by atoms with Crippen LogP contribution in [0.3, 0.4) is 0 Å². The normalized spacial score (nSPS) is 10.7. The van der Waals surface area contributed by atoms with Gasteiger partial charge in [0.2, 0.25) is 0 Å². The minimum Gasteiger partial charge on any atom is -0.457 e. The van der Waals surface area contributed by atoms with Gasteiger partial charge in [0.25, 0.3) is 5.91 Å². The third-order valence-corrected chi connectivity index (χ3v) is 5.04. The van der Waals surface area contributed by atoms with Crippen molar-refractivity contribution in [1.82, 2.24) is 19.9 Å². The average Bonchev–Trinajstić information content (AvgIpc) is 3.21. The molecule has 4 rings (SSSR count). The van der Waals surface area contributed by atoms with Crippen molar-refractivity contribution in [1.29, 1.82) is 0 Å². The maximum absolute atomic E-state index is 12.8. The predicted molar refractivity (Wildman–Crippen MR) is 120 cm³/mol. The van der Waals surface area contributed by atoms with Gasteiger partial charge in [-0.1, -0.05) is 12.1 Å². The molecule has 6 heteroatoms. The van der Waals surface area contributed by atoms with Crippen molar-refractivity contribution in [3.8, 4) is 22.8 Å². The summed E-state index contributed by atoms with van der Waals surface area (Å²) in [6, 6.07) is 15.1. The summed E-state index contributed by atoms with van der Waals surface area (Å²) in [4.78, 5) is 21.4. The molecule has 0 aliphatic heterocycles. The van der Waals surface area contributed by atoms with Crippen molar-refractivity contribution >= 4 is 5.91 Å². The van der Waals surface area contributed by atoms with E-state index in [0.29, 0.717) is 23.6 Å². The van der Waals surface area contributed by atoms with Crippen LogP contribution in [0.5, 0.6) is 11.5 Å². The van der Waals surface area contributed by atoms with Crippen LogP contribution in [0.15, 0.2) is 73.3 Å². The third-order valence-electron chi connectivity index (χ3n) is 5.04. The van der Waals surface area contributed by atoms with Gasteiger partial charge >= 0.3 is 0 Å². The molecule has 0 unspecified atom stereocenters. The number of hydrogen-bond acceptors (Lipinski definition) is 4. The lowest BCUT2D eigenvalue weighted by Crippen LogP contribution is -2.23. The van der Waals surface area contributed by atoms with Crippen LogP contribution in [0.1, 0.15) is 27.2 Å². The van der Waals surface area contributed by atoms with E-state index in [1.807, 2.05) is 80.3 Å².